The van der Waals surface area contributed by atoms with Gasteiger partial charge in [0.25, 0.3) is 0 Å². The summed E-state index contributed by atoms with van der Waals surface area (Å²) in [6, 6.07) is 16.2. The van der Waals surface area contributed by atoms with Gasteiger partial charge in [0.05, 0.1) is 19.7 Å². The van der Waals surface area contributed by atoms with Gasteiger partial charge in [0.1, 0.15) is 5.75 Å². The first-order valence-corrected chi connectivity index (χ1v) is 7.47. The minimum absolute atomic E-state index is 0.121. The van der Waals surface area contributed by atoms with Crippen molar-refractivity contribution in [3.05, 3.63) is 58.6 Å². The van der Waals surface area contributed by atoms with E-state index >= 15 is 0 Å². The zero-order valence-electron chi connectivity index (χ0n) is 11.7. The van der Waals surface area contributed by atoms with Crippen LogP contribution in [0.4, 0.5) is 5.69 Å². The first kappa shape index (κ1) is 13.9. The molecule has 2 aromatic rings. The minimum atomic E-state index is 0.121. The number of hydrogen-bond donors (Lipinski definition) is 1. The second-order valence-corrected chi connectivity index (χ2v) is 5.75. The molecule has 0 radical (unpaired) electrons. The number of halogens is 1. The Labute approximate surface area is 132 Å². The van der Waals surface area contributed by atoms with E-state index in [4.69, 9.17) is 10.5 Å². The van der Waals surface area contributed by atoms with Crippen LogP contribution in [-0.4, -0.2) is 19.6 Å². The molecule has 0 aliphatic carbocycles. The SMILES string of the molecule is COc1ccc(N2C(N)=NCC2c2cccc(Br)c2)cc1. The number of aliphatic imine (C=N–C) groups is 1. The highest BCUT2D eigenvalue weighted by Gasteiger charge is 2.28. The van der Waals surface area contributed by atoms with Crippen LogP contribution in [0.3, 0.4) is 0 Å². The van der Waals surface area contributed by atoms with Crippen molar-refractivity contribution in [2.75, 3.05) is 18.6 Å². The van der Waals surface area contributed by atoms with E-state index in [0.717, 1.165) is 15.9 Å². The summed E-state index contributed by atoms with van der Waals surface area (Å²) in [6.45, 7) is 0.661. The van der Waals surface area contributed by atoms with E-state index < -0.39 is 0 Å². The van der Waals surface area contributed by atoms with E-state index in [0.29, 0.717) is 12.5 Å². The number of guanidine groups is 1. The summed E-state index contributed by atoms with van der Waals surface area (Å²) in [5.74, 6) is 1.37. The van der Waals surface area contributed by atoms with Gasteiger partial charge in [-0.25, -0.2) is 0 Å². The Hall–Kier alpha value is -2.01. The molecule has 5 heteroatoms. The van der Waals surface area contributed by atoms with Crippen LogP contribution < -0.4 is 15.4 Å². The Bertz CT molecular complexity index is 669. The number of anilines is 1. The van der Waals surface area contributed by atoms with Gasteiger partial charge in [0.15, 0.2) is 5.96 Å². The molecule has 21 heavy (non-hydrogen) atoms. The molecule has 1 atom stereocenters. The lowest BCUT2D eigenvalue weighted by Crippen LogP contribution is -2.36. The van der Waals surface area contributed by atoms with E-state index in [1.165, 1.54) is 5.56 Å². The minimum Gasteiger partial charge on any atom is -0.497 e. The molecular weight excluding hydrogens is 330 g/mol. The molecule has 1 heterocycles. The summed E-state index contributed by atoms with van der Waals surface area (Å²) in [7, 11) is 1.66. The molecule has 2 N–H and O–H groups in total. The number of rotatable bonds is 3. The summed E-state index contributed by atoms with van der Waals surface area (Å²) >= 11 is 3.52. The molecule has 0 bridgehead atoms. The maximum Gasteiger partial charge on any atom is 0.196 e. The van der Waals surface area contributed by atoms with Crippen molar-refractivity contribution < 1.29 is 4.74 Å². The number of nitrogens with two attached hydrogens (primary N) is 1. The van der Waals surface area contributed by atoms with Gasteiger partial charge >= 0.3 is 0 Å². The molecule has 0 spiro atoms. The third-order valence-corrected chi connectivity index (χ3v) is 4.06. The second kappa shape index (κ2) is 5.77. The molecular formula is C16H16BrN3O. The molecule has 0 amide bonds. The third-order valence-electron chi connectivity index (χ3n) is 3.57. The largest absolute Gasteiger partial charge is 0.497 e. The molecule has 0 saturated heterocycles. The number of hydrogen-bond acceptors (Lipinski definition) is 4. The molecule has 2 aromatic carbocycles. The molecule has 108 valence electrons. The average Bonchev–Trinajstić information content (AvgIpc) is 2.89. The van der Waals surface area contributed by atoms with Gasteiger partial charge in [-0.3, -0.25) is 4.99 Å². The van der Waals surface area contributed by atoms with E-state index in [1.54, 1.807) is 7.11 Å². The van der Waals surface area contributed by atoms with Crippen LogP contribution >= 0.6 is 15.9 Å². The number of ether oxygens (including phenoxy) is 1. The van der Waals surface area contributed by atoms with Crippen LogP contribution in [0, 0.1) is 0 Å². The van der Waals surface area contributed by atoms with Crippen LogP contribution in [0.15, 0.2) is 58.0 Å². The molecule has 1 unspecified atom stereocenters. The Morgan fingerprint density at radius 1 is 1.24 bits per heavy atom. The Morgan fingerprint density at radius 2 is 2.00 bits per heavy atom. The molecule has 3 rings (SSSR count). The second-order valence-electron chi connectivity index (χ2n) is 4.84. The summed E-state index contributed by atoms with van der Waals surface area (Å²) in [4.78, 5) is 6.45. The van der Waals surface area contributed by atoms with Crippen LogP contribution in [0.25, 0.3) is 0 Å². The predicted octanol–water partition coefficient (Wildman–Crippen LogP) is 3.33. The molecule has 1 aliphatic heterocycles. The van der Waals surface area contributed by atoms with Gasteiger partial charge in [0.2, 0.25) is 0 Å². The van der Waals surface area contributed by atoms with Gasteiger partial charge < -0.3 is 15.4 Å². The number of methoxy groups -OCH3 is 1. The fourth-order valence-electron chi connectivity index (χ4n) is 2.52. The molecule has 0 saturated carbocycles. The van der Waals surface area contributed by atoms with Gasteiger partial charge in [-0.15, -0.1) is 0 Å². The lowest BCUT2D eigenvalue weighted by Gasteiger charge is -2.27. The highest BCUT2D eigenvalue weighted by Crippen LogP contribution is 2.32. The van der Waals surface area contributed by atoms with Crippen LogP contribution in [0.1, 0.15) is 11.6 Å². The quantitative estimate of drug-likeness (QED) is 0.928. The van der Waals surface area contributed by atoms with Crippen LogP contribution in [-0.2, 0) is 0 Å². The maximum absolute atomic E-state index is 6.08. The Kier molecular flexibility index (Phi) is 3.84. The topological polar surface area (TPSA) is 50.9 Å². The van der Waals surface area contributed by atoms with Crippen LogP contribution in [0.5, 0.6) is 5.75 Å². The fraction of sp³-hybridized carbons (Fsp3) is 0.188. The molecule has 0 fully saturated rings. The van der Waals surface area contributed by atoms with Crippen molar-refractivity contribution in [2.45, 2.75) is 6.04 Å². The fourth-order valence-corrected chi connectivity index (χ4v) is 2.94. The summed E-state index contributed by atoms with van der Waals surface area (Å²) in [6.07, 6.45) is 0. The maximum atomic E-state index is 6.08. The van der Waals surface area contributed by atoms with E-state index in [1.807, 2.05) is 36.4 Å². The van der Waals surface area contributed by atoms with E-state index in [-0.39, 0.29) is 6.04 Å². The first-order chi connectivity index (χ1) is 10.2. The van der Waals surface area contributed by atoms with E-state index in [2.05, 4.69) is 38.0 Å². The smallest absolute Gasteiger partial charge is 0.196 e. The van der Waals surface area contributed by atoms with Gasteiger partial charge in [0, 0.05) is 10.2 Å². The molecule has 4 nitrogen and oxygen atoms in total. The standard InChI is InChI=1S/C16H16BrN3O/c1-21-14-7-5-13(6-8-14)20-15(10-19-16(20)18)11-3-2-4-12(17)9-11/h2-9,15H,10H2,1H3,(H2,18,19). The van der Waals surface area contributed by atoms with Crippen molar-refractivity contribution >= 4 is 27.6 Å². The Morgan fingerprint density at radius 3 is 2.67 bits per heavy atom. The normalized spacial score (nSPS) is 17.7. The van der Waals surface area contributed by atoms with Crippen molar-refractivity contribution in [3.63, 3.8) is 0 Å². The molecule has 1 aliphatic rings. The van der Waals surface area contributed by atoms with Gasteiger partial charge in [-0.05, 0) is 42.0 Å². The average molecular weight is 346 g/mol. The highest BCUT2D eigenvalue weighted by atomic mass is 79.9. The van der Waals surface area contributed by atoms with E-state index in [9.17, 15) is 0 Å². The monoisotopic (exact) mass is 345 g/mol. The van der Waals surface area contributed by atoms with Crippen molar-refractivity contribution in [2.24, 2.45) is 10.7 Å². The number of nitrogens with zero attached hydrogens (tertiary/aromatic N) is 2. The molecule has 0 aromatic heterocycles. The predicted molar refractivity (Wildman–Crippen MR) is 88.8 cm³/mol. The van der Waals surface area contributed by atoms with Gasteiger partial charge in [-0.1, -0.05) is 28.1 Å². The lowest BCUT2D eigenvalue weighted by molar-refractivity contribution is 0.415. The zero-order chi connectivity index (χ0) is 14.8. The summed E-state index contributed by atoms with van der Waals surface area (Å²) < 4.78 is 6.26. The lowest BCUT2D eigenvalue weighted by atomic mass is 10.1. The third kappa shape index (κ3) is 2.74. The van der Waals surface area contributed by atoms with Gasteiger partial charge in [-0.2, -0.15) is 0 Å². The zero-order valence-corrected chi connectivity index (χ0v) is 13.2. The van der Waals surface area contributed by atoms with Crippen molar-refractivity contribution in [1.29, 1.82) is 0 Å². The highest BCUT2D eigenvalue weighted by molar-refractivity contribution is 9.10. The first-order valence-electron chi connectivity index (χ1n) is 6.67. The Balaban J connectivity index is 1.95. The summed E-state index contributed by atoms with van der Waals surface area (Å²) in [5.41, 5.74) is 8.28. The summed E-state index contributed by atoms with van der Waals surface area (Å²) in [5, 5.41) is 0. The van der Waals surface area contributed by atoms with Crippen molar-refractivity contribution in [3.8, 4) is 5.75 Å². The number of benzene rings is 2. The van der Waals surface area contributed by atoms with Crippen LogP contribution in [0.2, 0.25) is 0 Å². The van der Waals surface area contributed by atoms with Crippen molar-refractivity contribution in [1.82, 2.24) is 0 Å².